The Morgan fingerprint density at radius 2 is 1.75 bits per heavy atom. The average Bonchev–Trinajstić information content (AvgIpc) is 2.56. The van der Waals surface area contributed by atoms with E-state index in [2.05, 4.69) is 36.1 Å². The fourth-order valence-electron chi connectivity index (χ4n) is 3.13. The monoisotopic (exact) mass is 242 g/mol. The molecule has 1 aromatic rings. The zero-order valence-electron chi connectivity index (χ0n) is 9.92. The summed E-state index contributed by atoms with van der Waals surface area (Å²) >= 11 is 4.42. The molecule has 2 aliphatic rings. The summed E-state index contributed by atoms with van der Waals surface area (Å²) in [5, 5.41) is 3.46. The van der Waals surface area contributed by atoms with Gasteiger partial charge >= 0.3 is 0 Å². The van der Waals surface area contributed by atoms with Gasteiger partial charge in [0.25, 0.3) is 0 Å². The van der Waals surface area contributed by atoms with E-state index in [0.29, 0.717) is 5.41 Å². The van der Waals surface area contributed by atoms with Crippen LogP contribution in [0.4, 0.5) is 0 Å². The molecule has 81 valence electrons. The van der Waals surface area contributed by atoms with Crippen LogP contribution >= 0.6 is 12.6 Å². The van der Waals surface area contributed by atoms with E-state index in [4.69, 9.17) is 0 Å². The molecular formula is C13H17NNaS. The Balaban J connectivity index is 0.000000963. The molecule has 1 N–H and O–H groups in total. The molecule has 1 fully saturated rings. The van der Waals surface area contributed by atoms with Gasteiger partial charge in [-0.25, -0.2) is 0 Å². The molecule has 1 aliphatic carbocycles. The first-order valence-electron chi connectivity index (χ1n) is 5.79. The third-order valence-electron chi connectivity index (χ3n) is 3.98. The minimum Gasteiger partial charge on any atom is -0.317 e. The Morgan fingerprint density at radius 1 is 1.06 bits per heavy atom. The van der Waals surface area contributed by atoms with Gasteiger partial charge in [-0.1, -0.05) is 6.07 Å². The van der Waals surface area contributed by atoms with Crippen molar-refractivity contribution >= 4 is 42.2 Å². The molecule has 0 saturated carbocycles. The SMILES string of the molecule is Sc1ccc2c(c1)CC1(CCNCC1)C2.[Na]. The van der Waals surface area contributed by atoms with E-state index in [0.717, 1.165) is 4.90 Å². The maximum Gasteiger partial charge on any atom is 0.00429 e. The number of rotatable bonds is 0. The number of hydrogen-bond acceptors (Lipinski definition) is 2. The van der Waals surface area contributed by atoms with E-state index in [1.807, 2.05) is 0 Å². The third kappa shape index (κ3) is 2.37. The third-order valence-corrected chi connectivity index (χ3v) is 4.26. The normalized spacial score (nSPS) is 21.6. The predicted octanol–water partition coefficient (Wildman–Crippen LogP) is 2.06. The van der Waals surface area contributed by atoms with Crippen molar-refractivity contribution < 1.29 is 0 Å². The van der Waals surface area contributed by atoms with Crippen LogP contribution in [0.2, 0.25) is 0 Å². The molecule has 0 amide bonds. The Bertz CT molecular complexity index is 386. The number of nitrogens with one attached hydrogen (secondary N) is 1. The van der Waals surface area contributed by atoms with E-state index < -0.39 is 0 Å². The standard InChI is InChI=1S/C13H17NS.Na/c15-12-2-1-10-8-13(9-11(10)7-12)3-5-14-6-4-13;/h1-2,7,14-15H,3-6,8-9H2;. The molecule has 1 radical (unpaired) electrons. The molecule has 16 heavy (non-hydrogen) atoms. The van der Waals surface area contributed by atoms with Crippen molar-refractivity contribution in [3.63, 3.8) is 0 Å². The summed E-state index contributed by atoms with van der Waals surface area (Å²) < 4.78 is 0. The molecule has 1 nitrogen and oxygen atoms in total. The molecule has 0 aromatic heterocycles. The van der Waals surface area contributed by atoms with Crippen LogP contribution in [0.3, 0.4) is 0 Å². The van der Waals surface area contributed by atoms with Crippen LogP contribution in [0.1, 0.15) is 24.0 Å². The Hall–Kier alpha value is 0.530. The average molecular weight is 242 g/mol. The fraction of sp³-hybridized carbons (Fsp3) is 0.538. The zero-order chi connectivity index (χ0) is 10.3. The summed E-state index contributed by atoms with van der Waals surface area (Å²) in [5.74, 6) is 0. The molecule has 3 rings (SSSR count). The van der Waals surface area contributed by atoms with Crippen LogP contribution in [-0.4, -0.2) is 42.6 Å². The largest absolute Gasteiger partial charge is 0.317 e. The van der Waals surface area contributed by atoms with Crippen LogP contribution in [0.15, 0.2) is 23.1 Å². The smallest absolute Gasteiger partial charge is 0.00429 e. The first-order valence-corrected chi connectivity index (χ1v) is 6.24. The minimum absolute atomic E-state index is 0. The van der Waals surface area contributed by atoms with Crippen LogP contribution < -0.4 is 5.32 Å². The maximum absolute atomic E-state index is 4.42. The van der Waals surface area contributed by atoms with E-state index in [-0.39, 0.29) is 29.6 Å². The number of piperidine rings is 1. The van der Waals surface area contributed by atoms with Crippen LogP contribution in [0, 0.1) is 5.41 Å². The van der Waals surface area contributed by atoms with Crippen molar-refractivity contribution in [1.29, 1.82) is 0 Å². The van der Waals surface area contributed by atoms with Gasteiger partial charge in [0.2, 0.25) is 0 Å². The van der Waals surface area contributed by atoms with E-state index >= 15 is 0 Å². The summed E-state index contributed by atoms with van der Waals surface area (Å²) in [5.41, 5.74) is 3.69. The second-order valence-corrected chi connectivity index (χ2v) is 5.57. The van der Waals surface area contributed by atoms with Gasteiger partial charge in [-0.05, 0) is 67.4 Å². The summed E-state index contributed by atoms with van der Waals surface area (Å²) in [7, 11) is 0. The summed E-state index contributed by atoms with van der Waals surface area (Å²) in [6, 6.07) is 6.66. The number of hydrogen-bond donors (Lipinski definition) is 2. The topological polar surface area (TPSA) is 12.0 Å². The van der Waals surface area contributed by atoms with Crippen LogP contribution in [0.25, 0.3) is 0 Å². The van der Waals surface area contributed by atoms with Gasteiger partial charge in [-0.15, -0.1) is 12.6 Å². The first-order chi connectivity index (χ1) is 7.27. The Labute approximate surface area is 125 Å². The molecule has 1 aliphatic heterocycles. The van der Waals surface area contributed by atoms with Crippen molar-refractivity contribution in [3.8, 4) is 0 Å². The zero-order valence-corrected chi connectivity index (χ0v) is 12.8. The Morgan fingerprint density at radius 3 is 2.50 bits per heavy atom. The van der Waals surface area contributed by atoms with Gasteiger partial charge in [0.05, 0.1) is 0 Å². The molecule has 0 unspecified atom stereocenters. The van der Waals surface area contributed by atoms with Crippen LogP contribution in [0.5, 0.6) is 0 Å². The summed E-state index contributed by atoms with van der Waals surface area (Å²) in [6.07, 6.45) is 5.24. The molecule has 1 spiro atoms. The molecule has 1 heterocycles. The number of benzene rings is 1. The molecule has 0 bridgehead atoms. The van der Waals surface area contributed by atoms with Crippen LogP contribution in [-0.2, 0) is 12.8 Å². The molecule has 0 atom stereocenters. The molecule has 1 saturated heterocycles. The van der Waals surface area contributed by atoms with Crippen molar-refractivity contribution in [2.45, 2.75) is 30.6 Å². The Kier molecular flexibility index (Phi) is 4.08. The van der Waals surface area contributed by atoms with Gasteiger partial charge in [-0.2, -0.15) is 0 Å². The fourth-order valence-corrected chi connectivity index (χ4v) is 3.36. The van der Waals surface area contributed by atoms with Gasteiger partial charge in [0.1, 0.15) is 0 Å². The van der Waals surface area contributed by atoms with Crippen molar-refractivity contribution in [2.24, 2.45) is 5.41 Å². The van der Waals surface area contributed by atoms with E-state index in [1.165, 1.54) is 38.8 Å². The summed E-state index contributed by atoms with van der Waals surface area (Å²) in [4.78, 5) is 1.11. The quantitative estimate of drug-likeness (QED) is 0.524. The second-order valence-electron chi connectivity index (χ2n) is 5.06. The van der Waals surface area contributed by atoms with Gasteiger partial charge < -0.3 is 5.32 Å². The molecular weight excluding hydrogens is 225 g/mol. The van der Waals surface area contributed by atoms with E-state index in [9.17, 15) is 0 Å². The van der Waals surface area contributed by atoms with Crippen molar-refractivity contribution in [3.05, 3.63) is 29.3 Å². The van der Waals surface area contributed by atoms with Gasteiger partial charge in [0, 0.05) is 34.5 Å². The first kappa shape index (κ1) is 13.0. The van der Waals surface area contributed by atoms with E-state index in [1.54, 1.807) is 11.1 Å². The van der Waals surface area contributed by atoms with Gasteiger partial charge in [-0.3, -0.25) is 0 Å². The van der Waals surface area contributed by atoms with Crippen molar-refractivity contribution in [1.82, 2.24) is 5.32 Å². The maximum atomic E-state index is 4.42. The van der Waals surface area contributed by atoms with Crippen molar-refractivity contribution in [2.75, 3.05) is 13.1 Å². The number of fused-ring (bicyclic) bond motifs is 1. The minimum atomic E-state index is 0. The summed E-state index contributed by atoms with van der Waals surface area (Å²) in [6.45, 7) is 2.39. The molecule has 1 aromatic carbocycles. The van der Waals surface area contributed by atoms with Gasteiger partial charge in [0.15, 0.2) is 0 Å². The molecule has 3 heteroatoms. The second kappa shape index (κ2) is 5.03. The number of thiol groups is 1. The predicted molar refractivity (Wildman–Crippen MR) is 71.4 cm³/mol.